The molecular weight excluding hydrogens is 286 g/mol. The molecule has 2 N–H and O–H groups in total. The fourth-order valence-electron chi connectivity index (χ4n) is 2.05. The summed E-state index contributed by atoms with van der Waals surface area (Å²) in [6, 6.07) is 3.80. The monoisotopic (exact) mass is 299 g/mol. The molecule has 4 nitrogen and oxygen atoms in total. The quantitative estimate of drug-likeness (QED) is 0.804. The van der Waals surface area contributed by atoms with Crippen molar-refractivity contribution in [3.05, 3.63) is 27.7 Å². The van der Waals surface area contributed by atoms with Crippen LogP contribution in [-0.2, 0) is 15.1 Å². The number of hydrogen-bond acceptors (Lipinski definition) is 4. The van der Waals surface area contributed by atoms with Gasteiger partial charge in [-0.25, -0.2) is 4.79 Å². The van der Waals surface area contributed by atoms with Crippen molar-refractivity contribution in [2.24, 2.45) is 5.73 Å². The van der Waals surface area contributed by atoms with Crippen LogP contribution in [0.15, 0.2) is 16.6 Å². The summed E-state index contributed by atoms with van der Waals surface area (Å²) < 4.78 is 11.2. The summed E-state index contributed by atoms with van der Waals surface area (Å²) >= 11 is 3.42. The summed E-state index contributed by atoms with van der Waals surface area (Å²) in [5, 5.41) is 0. The van der Waals surface area contributed by atoms with Crippen molar-refractivity contribution < 1.29 is 14.3 Å². The highest BCUT2D eigenvalue weighted by atomic mass is 79.9. The molecule has 5 heteroatoms. The van der Waals surface area contributed by atoms with E-state index in [2.05, 4.69) is 15.9 Å². The van der Waals surface area contributed by atoms with E-state index < -0.39 is 11.5 Å². The zero-order valence-electron chi connectivity index (χ0n) is 9.75. The predicted octanol–water partition coefficient (Wildman–Crippen LogP) is 1.87. The second-order valence-electron chi connectivity index (χ2n) is 4.18. The average Bonchev–Trinajstić information content (AvgIpc) is 2.29. The highest BCUT2D eigenvalue weighted by Crippen LogP contribution is 2.41. The van der Waals surface area contributed by atoms with Gasteiger partial charge in [-0.1, -0.05) is 0 Å². The van der Waals surface area contributed by atoms with Crippen molar-refractivity contribution >= 4 is 21.9 Å². The molecule has 1 unspecified atom stereocenters. The third-order valence-electron chi connectivity index (χ3n) is 2.96. The minimum absolute atomic E-state index is 0.403. The Morgan fingerprint density at radius 1 is 1.59 bits per heavy atom. The molecule has 1 aromatic carbocycles. The molecule has 0 saturated carbocycles. The summed E-state index contributed by atoms with van der Waals surface area (Å²) in [4.78, 5) is 11.9. The fourth-order valence-corrected chi connectivity index (χ4v) is 2.74. The van der Waals surface area contributed by atoms with Gasteiger partial charge < -0.3 is 15.2 Å². The molecule has 1 aromatic rings. The Balaban J connectivity index is 2.61. The van der Waals surface area contributed by atoms with Crippen molar-refractivity contribution in [1.82, 2.24) is 0 Å². The molecule has 0 fully saturated rings. The Morgan fingerprint density at radius 2 is 2.29 bits per heavy atom. The number of fused-ring (bicyclic) bond motifs is 1. The second-order valence-corrected chi connectivity index (χ2v) is 5.04. The molecule has 1 heterocycles. The number of methoxy groups -OCH3 is 1. The third kappa shape index (κ3) is 1.93. The number of nitrogens with two attached hydrogens (primary N) is 1. The summed E-state index contributed by atoms with van der Waals surface area (Å²) in [6.45, 7) is 2.34. The Labute approximate surface area is 108 Å². The van der Waals surface area contributed by atoms with E-state index in [1.807, 2.05) is 19.1 Å². The van der Waals surface area contributed by atoms with Crippen molar-refractivity contribution in [3.63, 3.8) is 0 Å². The van der Waals surface area contributed by atoms with Gasteiger partial charge in [-0.15, -0.1) is 0 Å². The van der Waals surface area contributed by atoms with Crippen LogP contribution in [0, 0.1) is 6.92 Å². The van der Waals surface area contributed by atoms with E-state index in [4.69, 9.17) is 15.2 Å². The van der Waals surface area contributed by atoms with Crippen molar-refractivity contribution in [1.29, 1.82) is 0 Å². The van der Waals surface area contributed by atoms with E-state index >= 15 is 0 Å². The smallest absolute Gasteiger partial charge is 0.330 e. The molecule has 2 rings (SSSR count). The lowest BCUT2D eigenvalue weighted by atomic mass is 9.85. The lowest BCUT2D eigenvalue weighted by Gasteiger charge is -2.33. The van der Waals surface area contributed by atoms with Crippen LogP contribution >= 0.6 is 15.9 Å². The molecule has 17 heavy (non-hydrogen) atoms. The third-order valence-corrected chi connectivity index (χ3v) is 3.55. The molecule has 1 atom stereocenters. The van der Waals surface area contributed by atoms with Crippen LogP contribution in [-0.4, -0.2) is 19.7 Å². The fraction of sp³-hybridized carbons (Fsp3) is 0.417. The highest BCUT2D eigenvalue weighted by molar-refractivity contribution is 9.10. The number of carbonyl (C=O) groups excluding carboxylic acids is 1. The van der Waals surface area contributed by atoms with Gasteiger partial charge in [0.1, 0.15) is 11.3 Å². The number of rotatable bonds is 1. The van der Waals surface area contributed by atoms with E-state index in [1.165, 1.54) is 7.11 Å². The topological polar surface area (TPSA) is 61.5 Å². The lowest BCUT2D eigenvalue weighted by Crippen LogP contribution is -2.49. The van der Waals surface area contributed by atoms with Crippen LogP contribution in [0.4, 0.5) is 0 Å². The second kappa shape index (κ2) is 4.31. The van der Waals surface area contributed by atoms with Crippen LogP contribution in [0.3, 0.4) is 0 Å². The largest absolute Gasteiger partial charge is 0.492 e. The van der Waals surface area contributed by atoms with Gasteiger partial charge >= 0.3 is 5.97 Å². The van der Waals surface area contributed by atoms with E-state index in [1.54, 1.807) is 0 Å². The molecular formula is C12H14BrNO3. The summed E-state index contributed by atoms with van der Waals surface area (Å²) in [5.74, 6) is 0.203. The number of carbonyl (C=O) groups is 1. The van der Waals surface area contributed by atoms with Crippen LogP contribution in [0.25, 0.3) is 0 Å². The molecule has 0 radical (unpaired) electrons. The van der Waals surface area contributed by atoms with Gasteiger partial charge in [0.15, 0.2) is 0 Å². The Bertz CT molecular complexity index is 475. The predicted molar refractivity (Wildman–Crippen MR) is 66.9 cm³/mol. The van der Waals surface area contributed by atoms with E-state index in [-0.39, 0.29) is 0 Å². The summed E-state index contributed by atoms with van der Waals surface area (Å²) in [7, 11) is 1.34. The van der Waals surface area contributed by atoms with Crippen LogP contribution in [0.2, 0.25) is 0 Å². The number of aryl methyl sites for hydroxylation is 1. The first kappa shape index (κ1) is 12.4. The molecule has 0 amide bonds. The van der Waals surface area contributed by atoms with Gasteiger partial charge in [0.25, 0.3) is 0 Å². The van der Waals surface area contributed by atoms with Gasteiger partial charge in [0.2, 0.25) is 0 Å². The number of halogens is 1. The van der Waals surface area contributed by atoms with Crippen molar-refractivity contribution in [3.8, 4) is 5.75 Å². The Hall–Kier alpha value is -1.07. The van der Waals surface area contributed by atoms with Gasteiger partial charge in [0, 0.05) is 12.0 Å². The summed E-state index contributed by atoms with van der Waals surface area (Å²) in [6.07, 6.45) is 0.419. The van der Waals surface area contributed by atoms with E-state index in [0.717, 1.165) is 10.0 Å². The maximum atomic E-state index is 11.9. The number of hydrogen-bond donors (Lipinski definition) is 1. The maximum absolute atomic E-state index is 11.9. The van der Waals surface area contributed by atoms with Crippen LogP contribution < -0.4 is 10.5 Å². The first-order valence-electron chi connectivity index (χ1n) is 5.30. The van der Waals surface area contributed by atoms with E-state index in [0.29, 0.717) is 24.3 Å². The lowest BCUT2D eigenvalue weighted by molar-refractivity contribution is -0.148. The SMILES string of the molecule is COC(=O)C1(N)CCOc2c(Br)cc(C)cc21. The number of ether oxygens (including phenoxy) is 2. The molecule has 0 aliphatic carbocycles. The highest BCUT2D eigenvalue weighted by Gasteiger charge is 2.42. The minimum atomic E-state index is -1.11. The number of esters is 1. The normalized spacial score (nSPS) is 22.6. The standard InChI is InChI=1S/C12H14BrNO3/c1-7-5-8-10(9(13)6-7)17-4-3-12(8,14)11(15)16-2/h5-6H,3-4,14H2,1-2H3. The molecule has 0 aromatic heterocycles. The summed E-state index contributed by atoms with van der Waals surface area (Å²) in [5.41, 5.74) is 6.77. The first-order chi connectivity index (χ1) is 7.99. The first-order valence-corrected chi connectivity index (χ1v) is 6.09. The molecule has 0 bridgehead atoms. The van der Waals surface area contributed by atoms with Crippen molar-refractivity contribution in [2.45, 2.75) is 18.9 Å². The molecule has 1 aliphatic rings. The van der Waals surface area contributed by atoms with Gasteiger partial charge in [-0.3, -0.25) is 0 Å². The van der Waals surface area contributed by atoms with Crippen LogP contribution in [0.1, 0.15) is 17.5 Å². The van der Waals surface area contributed by atoms with Crippen molar-refractivity contribution in [2.75, 3.05) is 13.7 Å². The van der Waals surface area contributed by atoms with Gasteiger partial charge in [-0.05, 0) is 40.5 Å². The molecule has 0 spiro atoms. The minimum Gasteiger partial charge on any atom is -0.492 e. The van der Waals surface area contributed by atoms with Gasteiger partial charge in [0.05, 0.1) is 18.2 Å². The number of benzene rings is 1. The zero-order valence-corrected chi connectivity index (χ0v) is 11.3. The molecule has 1 aliphatic heterocycles. The van der Waals surface area contributed by atoms with E-state index in [9.17, 15) is 4.79 Å². The van der Waals surface area contributed by atoms with Gasteiger partial charge in [-0.2, -0.15) is 0 Å². The average molecular weight is 300 g/mol. The van der Waals surface area contributed by atoms with Crippen LogP contribution in [0.5, 0.6) is 5.75 Å². The maximum Gasteiger partial charge on any atom is 0.330 e. The Kier molecular flexibility index (Phi) is 3.14. The Morgan fingerprint density at radius 3 is 2.94 bits per heavy atom. The molecule has 92 valence electrons. The zero-order chi connectivity index (χ0) is 12.6. The molecule has 0 saturated heterocycles.